The number of rotatable bonds is 8. The van der Waals surface area contributed by atoms with Gasteiger partial charge in [0.15, 0.2) is 0 Å². The molecule has 37 heavy (non-hydrogen) atoms. The molecule has 0 saturated heterocycles. The highest BCUT2D eigenvalue weighted by Gasteiger charge is 2.23. The third-order valence-electron chi connectivity index (χ3n) is 6.53. The van der Waals surface area contributed by atoms with Gasteiger partial charge in [-0.15, -0.1) is 0 Å². The first kappa shape index (κ1) is 24.2. The van der Waals surface area contributed by atoms with Gasteiger partial charge in [-0.2, -0.15) is 0 Å². The lowest BCUT2D eigenvalue weighted by Gasteiger charge is -2.15. The Kier molecular flexibility index (Phi) is 6.72. The molecule has 1 aromatic heterocycles. The average molecular weight is 497 g/mol. The van der Waals surface area contributed by atoms with E-state index in [1.807, 2.05) is 31.2 Å². The van der Waals surface area contributed by atoms with Crippen molar-refractivity contribution in [2.24, 2.45) is 0 Å². The van der Waals surface area contributed by atoms with Gasteiger partial charge in [0.25, 0.3) is 5.56 Å². The van der Waals surface area contributed by atoms with Crippen LogP contribution in [-0.2, 0) is 29.0 Å². The van der Waals surface area contributed by atoms with Crippen LogP contribution in [0, 0.1) is 0 Å². The van der Waals surface area contributed by atoms with Crippen molar-refractivity contribution in [3.05, 3.63) is 105 Å². The van der Waals surface area contributed by atoms with Crippen LogP contribution in [0.15, 0.2) is 82.4 Å². The highest BCUT2D eigenvalue weighted by molar-refractivity contribution is 5.92. The van der Waals surface area contributed by atoms with Crippen LogP contribution in [0.2, 0.25) is 0 Å². The van der Waals surface area contributed by atoms with Crippen LogP contribution in [0.25, 0.3) is 16.6 Å². The van der Waals surface area contributed by atoms with Crippen LogP contribution in [-0.4, -0.2) is 27.0 Å². The van der Waals surface area contributed by atoms with E-state index in [0.717, 1.165) is 35.0 Å². The summed E-state index contributed by atoms with van der Waals surface area (Å²) in [5.41, 5.74) is 2.16. The molecule has 3 aromatic carbocycles. The van der Waals surface area contributed by atoms with Gasteiger partial charge < -0.3 is 10.6 Å². The van der Waals surface area contributed by atoms with Crippen molar-refractivity contribution in [1.82, 2.24) is 14.5 Å². The lowest BCUT2D eigenvalue weighted by molar-refractivity contribution is -0.120. The molecule has 5 rings (SSSR count). The first-order valence-electron chi connectivity index (χ1n) is 12.5. The van der Waals surface area contributed by atoms with E-state index < -0.39 is 11.2 Å². The summed E-state index contributed by atoms with van der Waals surface area (Å²) < 4.78 is 2.39. The molecule has 0 bridgehead atoms. The summed E-state index contributed by atoms with van der Waals surface area (Å²) in [5, 5.41) is 6.18. The first-order valence-corrected chi connectivity index (χ1v) is 12.5. The normalized spacial score (nSPS) is 12.9. The fraction of sp³-hybridized carbons (Fsp3) is 0.241. The summed E-state index contributed by atoms with van der Waals surface area (Å²) >= 11 is 0. The molecule has 0 atom stereocenters. The molecule has 188 valence electrons. The fourth-order valence-corrected chi connectivity index (χ4v) is 4.44. The lowest BCUT2D eigenvalue weighted by Crippen LogP contribution is -2.40. The van der Waals surface area contributed by atoms with Crippen molar-refractivity contribution in [3.63, 3.8) is 0 Å². The third kappa shape index (κ3) is 5.23. The topological polar surface area (TPSA) is 102 Å². The molecule has 0 unspecified atom stereocenters. The van der Waals surface area contributed by atoms with Crippen molar-refractivity contribution in [3.8, 4) is 5.69 Å². The van der Waals surface area contributed by atoms with Crippen LogP contribution >= 0.6 is 0 Å². The lowest BCUT2D eigenvalue weighted by atomic mass is 10.1. The van der Waals surface area contributed by atoms with Gasteiger partial charge in [0.1, 0.15) is 6.54 Å². The van der Waals surface area contributed by atoms with E-state index in [1.165, 1.54) is 4.57 Å². The average Bonchev–Trinajstić information content (AvgIpc) is 3.72. The second kappa shape index (κ2) is 10.3. The monoisotopic (exact) mass is 496 g/mol. The van der Waals surface area contributed by atoms with E-state index in [9.17, 15) is 19.2 Å². The van der Waals surface area contributed by atoms with Gasteiger partial charge >= 0.3 is 5.69 Å². The Morgan fingerprint density at radius 2 is 1.59 bits per heavy atom. The van der Waals surface area contributed by atoms with Gasteiger partial charge in [-0.05, 0) is 60.7 Å². The Bertz CT molecular complexity index is 1600. The maximum Gasteiger partial charge on any atom is 0.336 e. The standard InChI is InChI=1S/C29H28N4O4/c1-2-20-7-3-5-9-24(20)31-27(35)18-32-25-10-6-4-8-23(25)28(36)33(29(32)37)22-15-11-19(12-16-22)17-26(34)30-21-13-14-21/h3-12,15-16,21H,2,13-14,17-18H2,1H3,(H,30,34)(H,31,35). The van der Waals surface area contributed by atoms with Gasteiger partial charge in [-0.25, -0.2) is 9.36 Å². The molecule has 1 fully saturated rings. The number of hydrogen-bond acceptors (Lipinski definition) is 4. The first-order chi connectivity index (χ1) is 17.9. The highest BCUT2D eigenvalue weighted by atomic mass is 16.2. The summed E-state index contributed by atoms with van der Waals surface area (Å²) in [6.45, 7) is 1.75. The largest absolute Gasteiger partial charge is 0.353 e. The van der Waals surface area contributed by atoms with Crippen LogP contribution in [0.1, 0.15) is 30.9 Å². The van der Waals surface area contributed by atoms with Crippen LogP contribution in [0.5, 0.6) is 0 Å². The zero-order valence-corrected chi connectivity index (χ0v) is 20.6. The van der Waals surface area contributed by atoms with E-state index in [-0.39, 0.29) is 30.8 Å². The SMILES string of the molecule is CCc1ccccc1NC(=O)Cn1c(=O)n(-c2ccc(CC(=O)NC3CC3)cc2)c(=O)c2ccccc21. The molecular formula is C29H28N4O4. The Morgan fingerprint density at radius 1 is 0.892 bits per heavy atom. The van der Waals surface area contributed by atoms with Crippen molar-refractivity contribution in [2.75, 3.05) is 5.32 Å². The number of fused-ring (bicyclic) bond motifs is 1. The molecule has 1 heterocycles. The van der Waals surface area contributed by atoms with Gasteiger partial charge in [0, 0.05) is 11.7 Å². The molecule has 2 N–H and O–H groups in total. The number of aromatic nitrogens is 2. The fourth-order valence-electron chi connectivity index (χ4n) is 4.44. The number of carbonyl (C=O) groups is 2. The number of amides is 2. The number of hydrogen-bond donors (Lipinski definition) is 2. The van der Waals surface area contributed by atoms with Gasteiger partial charge in [0.05, 0.1) is 23.0 Å². The number of para-hydroxylation sites is 2. The summed E-state index contributed by atoms with van der Waals surface area (Å²) in [5.74, 6) is -0.411. The molecule has 1 aliphatic rings. The third-order valence-corrected chi connectivity index (χ3v) is 6.53. The number of nitrogens with one attached hydrogen (secondary N) is 2. The Morgan fingerprint density at radius 3 is 2.32 bits per heavy atom. The number of aryl methyl sites for hydroxylation is 1. The molecule has 0 spiro atoms. The summed E-state index contributed by atoms with van der Waals surface area (Å²) in [6, 6.07) is 21.3. The van der Waals surface area contributed by atoms with Gasteiger partial charge in [-0.1, -0.05) is 49.4 Å². The zero-order chi connectivity index (χ0) is 25.9. The molecule has 8 heteroatoms. The van der Waals surface area contributed by atoms with Crippen molar-refractivity contribution in [1.29, 1.82) is 0 Å². The van der Waals surface area contributed by atoms with Crippen molar-refractivity contribution < 1.29 is 9.59 Å². The van der Waals surface area contributed by atoms with E-state index in [0.29, 0.717) is 22.3 Å². The predicted octanol–water partition coefficient (Wildman–Crippen LogP) is 3.17. The zero-order valence-electron chi connectivity index (χ0n) is 20.6. The second-order valence-electron chi connectivity index (χ2n) is 9.27. The predicted molar refractivity (Wildman–Crippen MR) is 143 cm³/mol. The van der Waals surface area contributed by atoms with Gasteiger partial charge in [0.2, 0.25) is 11.8 Å². The number of benzene rings is 3. The minimum atomic E-state index is -0.609. The Hall–Kier alpha value is -4.46. The Balaban J connectivity index is 1.48. The minimum absolute atomic E-state index is 0.0452. The maximum atomic E-state index is 13.6. The van der Waals surface area contributed by atoms with Crippen molar-refractivity contribution >= 4 is 28.4 Å². The number of carbonyl (C=O) groups excluding carboxylic acids is 2. The molecule has 2 amide bonds. The number of nitrogens with zero attached hydrogens (tertiary/aromatic N) is 2. The molecule has 4 aromatic rings. The summed E-state index contributed by atoms with van der Waals surface area (Å²) in [7, 11) is 0. The van der Waals surface area contributed by atoms with Crippen molar-refractivity contribution in [2.45, 2.75) is 45.2 Å². The minimum Gasteiger partial charge on any atom is -0.353 e. The summed E-state index contributed by atoms with van der Waals surface area (Å²) in [4.78, 5) is 52.1. The van der Waals surface area contributed by atoms with E-state index in [1.54, 1.807) is 48.5 Å². The quantitative estimate of drug-likeness (QED) is 0.391. The highest BCUT2D eigenvalue weighted by Crippen LogP contribution is 2.19. The molecular weight excluding hydrogens is 468 g/mol. The maximum absolute atomic E-state index is 13.6. The van der Waals surface area contributed by atoms with Crippen LogP contribution in [0.3, 0.4) is 0 Å². The molecule has 1 saturated carbocycles. The second-order valence-corrected chi connectivity index (χ2v) is 9.27. The Labute approximate surface area is 213 Å². The number of anilines is 1. The molecule has 8 nitrogen and oxygen atoms in total. The van der Waals surface area contributed by atoms with E-state index in [4.69, 9.17) is 0 Å². The van der Waals surface area contributed by atoms with E-state index >= 15 is 0 Å². The van der Waals surface area contributed by atoms with Crippen LogP contribution < -0.4 is 21.9 Å². The van der Waals surface area contributed by atoms with E-state index in [2.05, 4.69) is 10.6 Å². The molecule has 0 radical (unpaired) electrons. The van der Waals surface area contributed by atoms with Crippen LogP contribution in [0.4, 0.5) is 5.69 Å². The summed E-state index contributed by atoms with van der Waals surface area (Å²) in [6.07, 6.45) is 3.02. The molecule has 1 aliphatic carbocycles. The smallest absolute Gasteiger partial charge is 0.336 e. The van der Waals surface area contributed by atoms with Gasteiger partial charge in [-0.3, -0.25) is 19.0 Å². The molecule has 0 aliphatic heterocycles.